The molecular weight excluding hydrogens is 260 g/mol. The highest BCUT2D eigenvalue weighted by atomic mass is 16.2. The predicted molar refractivity (Wildman–Crippen MR) is 87.4 cm³/mol. The molecule has 1 aliphatic carbocycles. The fraction of sp³-hybridized carbons (Fsp3) is 0.556. The van der Waals surface area contributed by atoms with E-state index >= 15 is 0 Å². The number of benzene rings is 1. The van der Waals surface area contributed by atoms with Crippen molar-refractivity contribution in [1.82, 2.24) is 5.43 Å². The summed E-state index contributed by atoms with van der Waals surface area (Å²) in [5, 5.41) is 4.26. The van der Waals surface area contributed by atoms with Crippen LogP contribution in [-0.4, -0.2) is 11.6 Å². The molecule has 3 heteroatoms. The second kappa shape index (κ2) is 7.96. The summed E-state index contributed by atoms with van der Waals surface area (Å²) in [6, 6.07) is 8.44. The molecule has 1 aliphatic rings. The number of carbonyl (C=O) groups excluding carboxylic acids is 1. The number of amides is 1. The number of nitrogens with zero attached hydrogens (tertiary/aromatic N) is 1. The van der Waals surface area contributed by atoms with Crippen molar-refractivity contribution in [3.8, 4) is 0 Å². The van der Waals surface area contributed by atoms with E-state index < -0.39 is 0 Å². The van der Waals surface area contributed by atoms with Crippen LogP contribution in [0.5, 0.6) is 0 Å². The molecule has 1 aromatic rings. The monoisotopic (exact) mass is 286 g/mol. The molecule has 0 radical (unpaired) electrons. The van der Waals surface area contributed by atoms with E-state index in [0.29, 0.717) is 0 Å². The van der Waals surface area contributed by atoms with Crippen molar-refractivity contribution in [3.05, 3.63) is 35.4 Å². The molecule has 0 spiro atoms. The zero-order valence-corrected chi connectivity index (χ0v) is 13.2. The largest absolute Gasteiger partial charge is 0.273 e. The molecule has 21 heavy (non-hydrogen) atoms. The Bertz CT molecular complexity index is 484. The number of hydrogen-bond acceptors (Lipinski definition) is 2. The van der Waals surface area contributed by atoms with Crippen molar-refractivity contribution >= 4 is 11.6 Å². The second-order valence-corrected chi connectivity index (χ2v) is 5.96. The summed E-state index contributed by atoms with van der Waals surface area (Å²) < 4.78 is 0. The lowest BCUT2D eigenvalue weighted by molar-refractivity contribution is -0.125. The fourth-order valence-electron chi connectivity index (χ4n) is 2.86. The maximum atomic E-state index is 12.1. The van der Waals surface area contributed by atoms with Gasteiger partial charge >= 0.3 is 0 Å². The van der Waals surface area contributed by atoms with Gasteiger partial charge in [-0.1, -0.05) is 56.9 Å². The van der Waals surface area contributed by atoms with Crippen LogP contribution in [0.1, 0.15) is 63.5 Å². The van der Waals surface area contributed by atoms with Gasteiger partial charge in [-0.15, -0.1) is 0 Å². The molecule has 0 aromatic heterocycles. The van der Waals surface area contributed by atoms with Crippen molar-refractivity contribution in [3.63, 3.8) is 0 Å². The smallest absolute Gasteiger partial charge is 0.243 e. The molecule has 0 heterocycles. The van der Waals surface area contributed by atoms with Gasteiger partial charge in [0.2, 0.25) is 5.91 Å². The van der Waals surface area contributed by atoms with Crippen LogP contribution in [0.4, 0.5) is 0 Å². The van der Waals surface area contributed by atoms with Crippen molar-refractivity contribution in [2.45, 2.75) is 58.8 Å². The molecule has 1 fully saturated rings. The van der Waals surface area contributed by atoms with Crippen LogP contribution in [0, 0.1) is 5.92 Å². The number of hydrogen-bond donors (Lipinski definition) is 1. The Hall–Kier alpha value is -1.64. The van der Waals surface area contributed by atoms with Crippen LogP contribution in [-0.2, 0) is 11.2 Å². The summed E-state index contributed by atoms with van der Waals surface area (Å²) in [4.78, 5) is 12.1. The van der Waals surface area contributed by atoms with Crippen molar-refractivity contribution in [2.24, 2.45) is 11.0 Å². The van der Waals surface area contributed by atoms with E-state index in [2.05, 4.69) is 41.7 Å². The van der Waals surface area contributed by atoms with Crippen LogP contribution in [0.15, 0.2) is 29.4 Å². The van der Waals surface area contributed by atoms with E-state index in [9.17, 15) is 4.79 Å². The summed E-state index contributed by atoms with van der Waals surface area (Å²) >= 11 is 0. The maximum Gasteiger partial charge on any atom is 0.243 e. The van der Waals surface area contributed by atoms with Gasteiger partial charge in [-0.05, 0) is 37.3 Å². The van der Waals surface area contributed by atoms with Crippen LogP contribution in [0.2, 0.25) is 0 Å². The average molecular weight is 286 g/mol. The highest BCUT2D eigenvalue weighted by Gasteiger charge is 2.20. The lowest BCUT2D eigenvalue weighted by Gasteiger charge is -2.19. The summed E-state index contributed by atoms with van der Waals surface area (Å²) in [7, 11) is 0. The molecule has 0 unspecified atom stereocenters. The van der Waals surface area contributed by atoms with Gasteiger partial charge < -0.3 is 0 Å². The summed E-state index contributed by atoms with van der Waals surface area (Å²) in [6.45, 7) is 4.12. The molecule has 1 saturated carbocycles. The fourth-order valence-corrected chi connectivity index (χ4v) is 2.86. The molecule has 1 aromatic carbocycles. The van der Waals surface area contributed by atoms with Crippen molar-refractivity contribution < 1.29 is 4.79 Å². The third-order valence-electron chi connectivity index (χ3n) is 4.22. The Morgan fingerprint density at radius 1 is 1.19 bits per heavy atom. The Labute approximate surface area is 127 Å². The molecule has 0 saturated heterocycles. The van der Waals surface area contributed by atoms with Gasteiger partial charge in [-0.3, -0.25) is 4.79 Å². The Morgan fingerprint density at radius 2 is 1.86 bits per heavy atom. The number of nitrogens with one attached hydrogen (secondary N) is 1. The van der Waals surface area contributed by atoms with E-state index in [4.69, 9.17) is 0 Å². The number of aryl methyl sites for hydroxylation is 1. The van der Waals surface area contributed by atoms with E-state index in [1.807, 2.05) is 6.92 Å². The molecular formula is C18H26N2O. The highest BCUT2D eigenvalue weighted by molar-refractivity contribution is 5.99. The minimum Gasteiger partial charge on any atom is -0.273 e. The first-order chi connectivity index (χ1) is 10.2. The van der Waals surface area contributed by atoms with Crippen LogP contribution < -0.4 is 5.43 Å². The molecule has 0 bridgehead atoms. The maximum absolute atomic E-state index is 12.1. The lowest BCUT2D eigenvalue weighted by Crippen LogP contribution is -2.29. The van der Waals surface area contributed by atoms with Crippen LogP contribution >= 0.6 is 0 Å². The number of hydrazone groups is 1. The minimum absolute atomic E-state index is 0.0802. The minimum atomic E-state index is 0.0802. The number of carbonyl (C=O) groups is 1. The molecule has 0 atom stereocenters. The summed E-state index contributed by atoms with van der Waals surface area (Å²) in [6.07, 6.45) is 7.87. The third-order valence-corrected chi connectivity index (χ3v) is 4.22. The molecule has 1 N–H and O–H groups in total. The Balaban J connectivity index is 1.91. The van der Waals surface area contributed by atoms with E-state index in [0.717, 1.165) is 37.0 Å². The Morgan fingerprint density at radius 3 is 2.48 bits per heavy atom. The molecule has 1 amide bonds. The van der Waals surface area contributed by atoms with Gasteiger partial charge in [0.05, 0.1) is 5.71 Å². The standard InChI is InChI=1S/C18H26N2O/c1-3-7-15-10-12-16(13-11-15)14(2)19-20-18(21)17-8-5-4-6-9-17/h10-13,17H,3-9H2,1-2H3,(H,20,21). The van der Waals surface area contributed by atoms with Gasteiger partial charge in [0.25, 0.3) is 0 Å². The normalized spacial score (nSPS) is 16.8. The molecule has 114 valence electrons. The zero-order valence-electron chi connectivity index (χ0n) is 13.2. The van der Waals surface area contributed by atoms with Gasteiger partial charge in [-0.25, -0.2) is 5.43 Å². The topological polar surface area (TPSA) is 41.5 Å². The first kappa shape index (κ1) is 15.7. The van der Waals surface area contributed by atoms with Gasteiger partial charge in [0, 0.05) is 5.92 Å². The van der Waals surface area contributed by atoms with Gasteiger partial charge in [-0.2, -0.15) is 5.10 Å². The Kier molecular flexibility index (Phi) is 5.97. The van der Waals surface area contributed by atoms with Crippen molar-refractivity contribution in [2.75, 3.05) is 0 Å². The molecule has 2 rings (SSSR count). The zero-order chi connectivity index (χ0) is 15.1. The first-order valence-electron chi connectivity index (χ1n) is 8.14. The van der Waals surface area contributed by atoms with E-state index in [-0.39, 0.29) is 11.8 Å². The van der Waals surface area contributed by atoms with E-state index in [1.165, 1.54) is 24.8 Å². The number of rotatable bonds is 5. The quantitative estimate of drug-likeness (QED) is 0.643. The third kappa shape index (κ3) is 4.69. The SMILES string of the molecule is CCCc1ccc(C(C)=NNC(=O)C2CCCCC2)cc1. The summed E-state index contributed by atoms with van der Waals surface area (Å²) in [5.41, 5.74) is 6.02. The summed E-state index contributed by atoms with van der Waals surface area (Å²) in [5.74, 6) is 0.235. The average Bonchev–Trinajstić information content (AvgIpc) is 2.54. The van der Waals surface area contributed by atoms with Gasteiger partial charge in [0.15, 0.2) is 0 Å². The first-order valence-corrected chi connectivity index (χ1v) is 8.14. The predicted octanol–water partition coefficient (Wildman–Crippen LogP) is 4.06. The van der Waals surface area contributed by atoms with Crippen LogP contribution in [0.3, 0.4) is 0 Å². The van der Waals surface area contributed by atoms with Crippen LogP contribution in [0.25, 0.3) is 0 Å². The molecule has 3 nitrogen and oxygen atoms in total. The highest BCUT2D eigenvalue weighted by Crippen LogP contribution is 2.23. The molecule has 0 aliphatic heterocycles. The van der Waals surface area contributed by atoms with E-state index in [1.54, 1.807) is 0 Å². The van der Waals surface area contributed by atoms with Crippen molar-refractivity contribution in [1.29, 1.82) is 0 Å². The lowest BCUT2D eigenvalue weighted by atomic mass is 9.89. The van der Waals surface area contributed by atoms with Gasteiger partial charge in [0.1, 0.15) is 0 Å². The second-order valence-electron chi connectivity index (χ2n) is 5.96.